The molecule has 0 fully saturated rings. The monoisotopic (exact) mass is 253 g/mol. The molecule has 4 heteroatoms. The van der Waals surface area contributed by atoms with Gasteiger partial charge in [-0.3, -0.25) is 0 Å². The fourth-order valence-corrected chi connectivity index (χ4v) is 1.60. The van der Waals surface area contributed by atoms with E-state index in [1.54, 1.807) is 7.11 Å². The van der Waals surface area contributed by atoms with Crippen LogP contribution in [0.25, 0.3) is 0 Å². The van der Waals surface area contributed by atoms with Gasteiger partial charge in [-0.05, 0) is 24.6 Å². The lowest BCUT2D eigenvalue weighted by Crippen LogP contribution is -2.10. The molecule has 0 aromatic heterocycles. The molecule has 0 saturated heterocycles. The van der Waals surface area contributed by atoms with Crippen molar-refractivity contribution in [3.05, 3.63) is 29.3 Å². The molecule has 94 valence electrons. The Morgan fingerprint density at radius 2 is 2.18 bits per heavy atom. The third-order valence-electron chi connectivity index (χ3n) is 2.46. The molecule has 0 spiro atoms. The number of rotatable bonds is 7. The fraction of sp³-hybridized carbons (Fsp3) is 0.462. The van der Waals surface area contributed by atoms with Gasteiger partial charge in [0, 0.05) is 17.7 Å². The lowest BCUT2D eigenvalue weighted by Gasteiger charge is -2.10. The van der Waals surface area contributed by atoms with Crippen molar-refractivity contribution in [2.75, 3.05) is 13.7 Å². The maximum Gasteiger partial charge on any atom is 0.124 e. The molecular weight excluding hydrogens is 234 g/mol. The first-order valence-electron chi connectivity index (χ1n) is 5.73. The van der Waals surface area contributed by atoms with Crippen LogP contribution in [0.1, 0.15) is 30.9 Å². The number of hydrogen-bond acceptors (Lipinski definition) is 3. The third-order valence-corrected chi connectivity index (χ3v) is 2.70. The molecule has 0 heterocycles. The standard InChI is InChI=1S/C13H19NO2S/c1-3-4-7-16-9-11-8-10(13(14)17)5-6-12(11)15-2/h5-6,8H,3-4,7,9H2,1-2H3,(H2,14,17). The van der Waals surface area contributed by atoms with Crippen LogP contribution >= 0.6 is 12.2 Å². The second kappa shape index (κ2) is 7.25. The molecule has 17 heavy (non-hydrogen) atoms. The van der Waals surface area contributed by atoms with Crippen LogP contribution in [0, 0.1) is 0 Å². The van der Waals surface area contributed by atoms with Crippen LogP contribution < -0.4 is 10.5 Å². The van der Waals surface area contributed by atoms with E-state index >= 15 is 0 Å². The largest absolute Gasteiger partial charge is 0.496 e. The first kappa shape index (κ1) is 13.9. The number of ether oxygens (including phenoxy) is 2. The Kier molecular flexibility index (Phi) is 5.94. The van der Waals surface area contributed by atoms with Crippen LogP contribution in [0.2, 0.25) is 0 Å². The molecule has 0 bridgehead atoms. The highest BCUT2D eigenvalue weighted by Crippen LogP contribution is 2.20. The summed E-state index contributed by atoms with van der Waals surface area (Å²) in [6.45, 7) is 3.42. The van der Waals surface area contributed by atoms with Gasteiger partial charge in [-0.15, -0.1) is 0 Å². The Hall–Kier alpha value is -1.13. The van der Waals surface area contributed by atoms with Crippen molar-refractivity contribution < 1.29 is 9.47 Å². The van der Waals surface area contributed by atoms with Crippen molar-refractivity contribution in [1.82, 2.24) is 0 Å². The second-order valence-corrected chi connectivity index (χ2v) is 4.24. The first-order chi connectivity index (χ1) is 8.19. The smallest absolute Gasteiger partial charge is 0.124 e. The van der Waals surface area contributed by atoms with E-state index in [-0.39, 0.29) is 0 Å². The topological polar surface area (TPSA) is 44.5 Å². The van der Waals surface area contributed by atoms with E-state index in [1.165, 1.54) is 0 Å². The Morgan fingerprint density at radius 3 is 2.76 bits per heavy atom. The van der Waals surface area contributed by atoms with Gasteiger partial charge >= 0.3 is 0 Å². The van der Waals surface area contributed by atoms with Gasteiger partial charge in [-0.1, -0.05) is 25.6 Å². The minimum atomic E-state index is 0.391. The van der Waals surface area contributed by atoms with E-state index in [9.17, 15) is 0 Å². The first-order valence-corrected chi connectivity index (χ1v) is 6.14. The molecule has 0 aliphatic heterocycles. The average molecular weight is 253 g/mol. The molecule has 1 rings (SSSR count). The number of unbranched alkanes of at least 4 members (excludes halogenated alkanes) is 1. The predicted molar refractivity (Wildman–Crippen MR) is 73.4 cm³/mol. The summed E-state index contributed by atoms with van der Waals surface area (Å²) in [4.78, 5) is 0.391. The van der Waals surface area contributed by atoms with Crippen LogP contribution in [-0.4, -0.2) is 18.7 Å². The Balaban J connectivity index is 2.72. The van der Waals surface area contributed by atoms with Crippen molar-refractivity contribution in [3.8, 4) is 5.75 Å². The molecule has 1 aromatic carbocycles. The molecule has 0 amide bonds. The maximum absolute atomic E-state index is 5.60. The van der Waals surface area contributed by atoms with E-state index in [2.05, 4.69) is 6.92 Å². The highest BCUT2D eigenvalue weighted by molar-refractivity contribution is 7.80. The minimum Gasteiger partial charge on any atom is -0.496 e. The molecule has 0 unspecified atom stereocenters. The summed E-state index contributed by atoms with van der Waals surface area (Å²) in [7, 11) is 1.64. The van der Waals surface area contributed by atoms with Gasteiger partial charge in [-0.25, -0.2) is 0 Å². The Morgan fingerprint density at radius 1 is 1.41 bits per heavy atom. The molecule has 2 N–H and O–H groups in total. The summed E-state index contributed by atoms with van der Waals surface area (Å²) in [5.74, 6) is 0.807. The zero-order chi connectivity index (χ0) is 12.7. The van der Waals surface area contributed by atoms with Crippen LogP contribution in [0.15, 0.2) is 18.2 Å². The molecule has 0 aliphatic rings. The summed E-state index contributed by atoms with van der Waals surface area (Å²) < 4.78 is 10.8. The van der Waals surface area contributed by atoms with Gasteiger partial charge in [0.1, 0.15) is 10.7 Å². The highest BCUT2D eigenvalue weighted by Gasteiger charge is 2.06. The number of benzene rings is 1. The fourth-order valence-electron chi connectivity index (χ4n) is 1.47. The minimum absolute atomic E-state index is 0.391. The summed E-state index contributed by atoms with van der Waals surface area (Å²) in [6.07, 6.45) is 2.20. The second-order valence-electron chi connectivity index (χ2n) is 3.80. The van der Waals surface area contributed by atoms with E-state index < -0.39 is 0 Å². The van der Waals surface area contributed by atoms with Crippen LogP contribution in [0.4, 0.5) is 0 Å². The number of nitrogens with two attached hydrogens (primary N) is 1. The lowest BCUT2D eigenvalue weighted by atomic mass is 10.1. The lowest BCUT2D eigenvalue weighted by molar-refractivity contribution is 0.116. The van der Waals surface area contributed by atoms with E-state index in [0.717, 1.165) is 36.3 Å². The van der Waals surface area contributed by atoms with Crippen LogP contribution in [-0.2, 0) is 11.3 Å². The van der Waals surface area contributed by atoms with Crippen molar-refractivity contribution in [2.45, 2.75) is 26.4 Å². The van der Waals surface area contributed by atoms with Crippen molar-refractivity contribution in [1.29, 1.82) is 0 Å². The van der Waals surface area contributed by atoms with Gasteiger partial charge in [-0.2, -0.15) is 0 Å². The molecule has 0 atom stereocenters. The molecule has 0 radical (unpaired) electrons. The van der Waals surface area contributed by atoms with E-state index in [1.807, 2.05) is 18.2 Å². The van der Waals surface area contributed by atoms with Crippen LogP contribution in [0.5, 0.6) is 5.75 Å². The zero-order valence-electron chi connectivity index (χ0n) is 10.4. The van der Waals surface area contributed by atoms with Crippen molar-refractivity contribution in [2.24, 2.45) is 5.73 Å². The molecular formula is C13H19NO2S. The molecule has 0 saturated carbocycles. The number of thiocarbonyl (C=S) groups is 1. The summed E-state index contributed by atoms with van der Waals surface area (Å²) >= 11 is 4.95. The van der Waals surface area contributed by atoms with Gasteiger partial charge in [0.05, 0.1) is 13.7 Å². The summed E-state index contributed by atoms with van der Waals surface area (Å²) in [5.41, 5.74) is 7.42. The third kappa shape index (κ3) is 4.32. The summed E-state index contributed by atoms with van der Waals surface area (Å²) in [6, 6.07) is 5.65. The zero-order valence-corrected chi connectivity index (χ0v) is 11.2. The normalized spacial score (nSPS) is 10.2. The maximum atomic E-state index is 5.60. The average Bonchev–Trinajstić information content (AvgIpc) is 2.34. The highest BCUT2D eigenvalue weighted by atomic mass is 32.1. The number of hydrogen-bond donors (Lipinski definition) is 1. The van der Waals surface area contributed by atoms with Gasteiger partial charge in [0.15, 0.2) is 0 Å². The van der Waals surface area contributed by atoms with Crippen molar-refractivity contribution >= 4 is 17.2 Å². The summed E-state index contributed by atoms with van der Waals surface area (Å²) in [5, 5.41) is 0. The van der Waals surface area contributed by atoms with Gasteiger partial charge in [0.25, 0.3) is 0 Å². The van der Waals surface area contributed by atoms with Gasteiger partial charge in [0.2, 0.25) is 0 Å². The van der Waals surface area contributed by atoms with E-state index in [4.69, 9.17) is 27.4 Å². The van der Waals surface area contributed by atoms with Crippen molar-refractivity contribution in [3.63, 3.8) is 0 Å². The Labute approximate surface area is 108 Å². The van der Waals surface area contributed by atoms with Crippen LogP contribution in [0.3, 0.4) is 0 Å². The molecule has 3 nitrogen and oxygen atoms in total. The Bertz CT molecular complexity index is 380. The quantitative estimate of drug-likeness (QED) is 0.599. The molecule has 1 aromatic rings. The van der Waals surface area contributed by atoms with E-state index in [0.29, 0.717) is 11.6 Å². The molecule has 0 aliphatic carbocycles. The van der Waals surface area contributed by atoms with Gasteiger partial charge < -0.3 is 15.2 Å². The predicted octanol–water partition coefficient (Wildman–Crippen LogP) is 2.65. The number of methoxy groups -OCH3 is 1. The SMILES string of the molecule is CCCCOCc1cc(C(N)=S)ccc1OC.